The van der Waals surface area contributed by atoms with Crippen molar-refractivity contribution >= 4 is 45.2 Å². The summed E-state index contributed by atoms with van der Waals surface area (Å²) in [5.74, 6) is 6.50. The van der Waals surface area contributed by atoms with Crippen LogP contribution in [0.4, 0.5) is 28.9 Å². The minimum absolute atomic E-state index is 0.134. The van der Waals surface area contributed by atoms with Crippen LogP contribution in [0.3, 0.4) is 0 Å². The number of methoxy groups -OCH3 is 1. The Morgan fingerprint density at radius 3 is 2.56 bits per heavy atom. The van der Waals surface area contributed by atoms with Crippen LogP contribution >= 0.6 is 18.5 Å². The van der Waals surface area contributed by atoms with E-state index in [9.17, 15) is 22.1 Å². The van der Waals surface area contributed by atoms with Crippen LogP contribution in [0.1, 0.15) is 29.7 Å². The van der Waals surface area contributed by atoms with Gasteiger partial charge in [0.05, 0.1) is 47.1 Å². The highest BCUT2D eigenvalue weighted by atomic mass is 32.1. The number of anilines is 2. The number of nitrogens with one attached hydrogen (secondary N) is 2. The number of rotatable bonds is 8. The molecule has 2 aliphatic heterocycles. The molecule has 2 fully saturated rings. The smallest absolute Gasteiger partial charge is 0.393 e. The molecule has 2 atom stereocenters. The topological polar surface area (TPSA) is 56.8 Å². The maximum absolute atomic E-state index is 14.8. The number of piperidine rings is 1. The number of thiophene rings is 1. The zero-order valence-electron chi connectivity index (χ0n) is 26.1. The Hall–Kier alpha value is -2.77. The van der Waals surface area contributed by atoms with Crippen molar-refractivity contribution in [2.24, 2.45) is 0 Å². The number of halogens is 4. The van der Waals surface area contributed by atoms with Gasteiger partial charge in [-0.05, 0) is 75.6 Å². The fourth-order valence-electron chi connectivity index (χ4n) is 6.27. The van der Waals surface area contributed by atoms with Crippen LogP contribution in [0.15, 0.2) is 36.4 Å². The van der Waals surface area contributed by atoms with Crippen molar-refractivity contribution in [3.8, 4) is 17.6 Å². The number of likely N-dealkylation sites (tertiary alicyclic amines) is 1. The molecule has 2 aliphatic rings. The fraction of sp³-hybridized carbons (Fsp3) is 0.515. The quantitative estimate of drug-likeness (QED) is 0.160. The summed E-state index contributed by atoms with van der Waals surface area (Å²) in [6.07, 6.45) is -2.88. The maximum atomic E-state index is 14.8. The van der Waals surface area contributed by atoms with Gasteiger partial charge in [0, 0.05) is 36.8 Å². The SMILES string of the molecule is COc1cc(P2(=O)CCC(N(C)C)CC2)ccc1NCC#Cc1sc2c(NC3CCN(C)CC3F)cccc2c1CC(F)(F)F. The van der Waals surface area contributed by atoms with Crippen LogP contribution in [0, 0.1) is 11.8 Å². The van der Waals surface area contributed by atoms with E-state index in [4.69, 9.17) is 4.74 Å². The van der Waals surface area contributed by atoms with E-state index in [1.165, 1.54) is 11.3 Å². The van der Waals surface area contributed by atoms with Crippen molar-refractivity contribution in [3.63, 3.8) is 0 Å². The molecule has 0 spiro atoms. The lowest BCUT2D eigenvalue weighted by molar-refractivity contribution is -0.126. The molecule has 2 aromatic carbocycles. The number of fused-ring (bicyclic) bond motifs is 1. The highest BCUT2D eigenvalue weighted by molar-refractivity contribution is 7.71. The van der Waals surface area contributed by atoms with E-state index in [1.54, 1.807) is 25.3 Å². The first-order valence-corrected chi connectivity index (χ1v) is 18.1. The number of nitrogens with zero attached hydrogens (tertiary/aromatic N) is 2. The number of hydrogen-bond donors (Lipinski definition) is 2. The third kappa shape index (κ3) is 7.97. The predicted octanol–water partition coefficient (Wildman–Crippen LogP) is 6.64. The normalized spacial score (nSPS) is 24.3. The number of alkyl halides is 4. The summed E-state index contributed by atoms with van der Waals surface area (Å²) in [5.41, 5.74) is 1.43. The minimum atomic E-state index is -4.41. The van der Waals surface area contributed by atoms with E-state index in [0.29, 0.717) is 63.4 Å². The summed E-state index contributed by atoms with van der Waals surface area (Å²) in [6, 6.07) is 10.7. The van der Waals surface area contributed by atoms with Gasteiger partial charge in [-0.3, -0.25) is 0 Å². The van der Waals surface area contributed by atoms with E-state index in [0.717, 1.165) is 24.7 Å². The molecule has 2 unspecified atom stereocenters. The maximum Gasteiger partial charge on any atom is 0.393 e. The van der Waals surface area contributed by atoms with E-state index in [2.05, 4.69) is 41.5 Å². The van der Waals surface area contributed by atoms with Crippen molar-refractivity contribution in [3.05, 3.63) is 46.8 Å². The summed E-state index contributed by atoms with van der Waals surface area (Å²) in [7, 11) is 5.02. The average Bonchev–Trinajstić information content (AvgIpc) is 3.33. The first kappa shape index (κ1) is 33.6. The van der Waals surface area contributed by atoms with Gasteiger partial charge < -0.3 is 29.7 Å². The molecule has 3 heterocycles. The molecule has 0 bridgehead atoms. The van der Waals surface area contributed by atoms with Gasteiger partial charge in [0.1, 0.15) is 19.1 Å². The van der Waals surface area contributed by atoms with Crippen LogP contribution in [0.2, 0.25) is 0 Å². The Kier molecular flexibility index (Phi) is 10.4. The first-order valence-electron chi connectivity index (χ1n) is 15.2. The molecule has 6 nitrogen and oxygen atoms in total. The summed E-state index contributed by atoms with van der Waals surface area (Å²) in [6.45, 7) is 1.22. The molecule has 1 aromatic heterocycles. The lowest BCUT2D eigenvalue weighted by atomic mass is 10.0. The molecule has 244 valence electrons. The molecule has 3 aromatic rings. The highest BCUT2D eigenvalue weighted by Crippen LogP contribution is 2.50. The summed E-state index contributed by atoms with van der Waals surface area (Å²) >= 11 is 1.20. The van der Waals surface area contributed by atoms with Crippen LogP contribution in [-0.2, 0) is 11.0 Å². The third-order valence-corrected chi connectivity index (χ3v) is 13.3. The lowest BCUT2D eigenvalue weighted by Gasteiger charge is -2.33. The zero-order valence-corrected chi connectivity index (χ0v) is 27.8. The third-order valence-electron chi connectivity index (χ3n) is 8.88. The monoisotopic (exact) mass is 664 g/mol. The largest absolute Gasteiger partial charge is 0.495 e. The number of ether oxygens (including phenoxy) is 1. The molecular formula is C33H41F4N4O2PS. The molecular weight excluding hydrogens is 623 g/mol. The first-order chi connectivity index (χ1) is 21.4. The molecule has 0 amide bonds. The van der Waals surface area contributed by atoms with Crippen LogP contribution in [0.5, 0.6) is 5.75 Å². The molecule has 12 heteroatoms. The Morgan fingerprint density at radius 2 is 1.89 bits per heavy atom. The number of hydrogen-bond acceptors (Lipinski definition) is 7. The van der Waals surface area contributed by atoms with Crippen molar-refractivity contribution < 1.29 is 26.9 Å². The summed E-state index contributed by atoms with van der Waals surface area (Å²) in [4.78, 5) is 4.46. The van der Waals surface area contributed by atoms with Crippen molar-refractivity contribution in [2.75, 3.05) is 70.8 Å². The summed E-state index contributed by atoms with van der Waals surface area (Å²) in [5, 5.41) is 7.76. The predicted molar refractivity (Wildman–Crippen MR) is 178 cm³/mol. The van der Waals surface area contributed by atoms with Crippen LogP contribution in [-0.4, -0.2) is 94.4 Å². The van der Waals surface area contributed by atoms with Gasteiger partial charge in [0.2, 0.25) is 0 Å². The molecule has 5 rings (SSSR count). The Labute approximate surface area is 266 Å². The average molecular weight is 665 g/mol. The van der Waals surface area contributed by atoms with Gasteiger partial charge in [-0.15, -0.1) is 11.3 Å². The minimum Gasteiger partial charge on any atom is -0.495 e. The van der Waals surface area contributed by atoms with E-state index in [-0.39, 0.29) is 12.1 Å². The Balaban J connectivity index is 1.34. The van der Waals surface area contributed by atoms with Gasteiger partial charge in [-0.2, -0.15) is 13.2 Å². The molecule has 0 radical (unpaired) electrons. The second-order valence-corrected chi connectivity index (χ2v) is 16.5. The van der Waals surface area contributed by atoms with Gasteiger partial charge in [0.15, 0.2) is 0 Å². The highest BCUT2D eigenvalue weighted by Gasteiger charge is 2.34. The fourth-order valence-corrected chi connectivity index (χ4v) is 10.3. The lowest BCUT2D eigenvalue weighted by Crippen LogP contribution is -2.46. The molecule has 2 N–H and O–H groups in total. The zero-order chi connectivity index (χ0) is 32.4. The van der Waals surface area contributed by atoms with Crippen molar-refractivity contribution in [1.82, 2.24) is 9.80 Å². The van der Waals surface area contributed by atoms with Gasteiger partial charge in [-0.1, -0.05) is 24.0 Å². The standard InChI is InChI=1S/C33H41F4N4O2PS/c1-40(2)22-13-17-44(42,18-14-22)23-10-11-28(30(19-23)43-4)38-15-6-9-31-25(20-33(35,36)37)24-7-5-8-29(32(24)45-31)39-27-12-16-41(3)21-26(27)34/h5,7-8,10-11,19,22,26-27,38-39H,12-18,20-21H2,1-4H3. The van der Waals surface area contributed by atoms with Gasteiger partial charge >= 0.3 is 6.18 Å². The second kappa shape index (κ2) is 13.9. The Bertz CT molecular complexity index is 1600. The second-order valence-electron chi connectivity index (χ2n) is 12.3. The molecule has 0 saturated carbocycles. The molecule has 45 heavy (non-hydrogen) atoms. The molecule has 2 saturated heterocycles. The molecule has 0 aliphatic carbocycles. The van der Waals surface area contributed by atoms with Crippen molar-refractivity contribution in [1.29, 1.82) is 0 Å². The van der Waals surface area contributed by atoms with Crippen LogP contribution in [0.25, 0.3) is 10.1 Å². The summed E-state index contributed by atoms with van der Waals surface area (Å²) < 4.78 is 75.8. The van der Waals surface area contributed by atoms with Crippen LogP contribution < -0.4 is 20.7 Å². The van der Waals surface area contributed by atoms with Gasteiger partial charge in [-0.25, -0.2) is 4.39 Å². The Morgan fingerprint density at radius 1 is 1.13 bits per heavy atom. The van der Waals surface area contributed by atoms with E-state index < -0.39 is 32.0 Å². The van der Waals surface area contributed by atoms with Gasteiger partial charge in [0.25, 0.3) is 0 Å². The number of benzene rings is 2. The van der Waals surface area contributed by atoms with Crippen molar-refractivity contribution in [2.45, 2.75) is 50.1 Å². The van der Waals surface area contributed by atoms with E-state index >= 15 is 0 Å². The van der Waals surface area contributed by atoms with E-state index in [1.807, 2.05) is 30.1 Å².